The molecule has 0 nitrogen and oxygen atoms in total. The summed E-state index contributed by atoms with van der Waals surface area (Å²) < 4.78 is 1.97. The van der Waals surface area contributed by atoms with E-state index in [-0.39, 0.29) is 15.8 Å². The summed E-state index contributed by atoms with van der Waals surface area (Å²) in [4.78, 5) is 0. The molecular weight excluding hydrogens is 425 g/mol. The van der Waals surface area contributed by atoms with E-state index in [1.54, 1.807) is 0 Å². The molecule has 0 unspecified atom stereocenters. The summed E-state index contributed by atoms with van der Waals surface area (Å²) in [6, 6.07) is 0. The molecule has 0 aromatic carbocycles. The van der Waals surface area contributed by atoms with Gasteiger partial charge in [0.15, 0.2) is 0 Å². The van der Waals surface area contributed by atoms with Gasteiger partial charge in [-0.25, -0.2) is 0 Å². The summed E-state index contributed by atoms with van der Waals surface area (Å²) in [6.45, 7) is 15.8. The average Bonchev–Trinajstić information content (AvgIpc) is 2.35. The van der Waals surface area contributed by atoms with Gasteiger partial charge in [-0.05, 0) is 57.4 Å². The molecule has 0 saturated heterocycles. The zero-order chi connectivity index (χ0) is 14.1. The fourth-order valence-electron chi connectivity index (χ4n) is 1.50. The van der Waals surface area contributed by atoms with Gasteiger partial charge in [0.1, 0.15) is 0 Å². The Morgan fingerprint density at radius 2 is 0.765 bits per heavy atom. The molecule has 0 N–H and O–H groups in total. The molecule has 17 heavy (non-hydrogen) atoms. The van der Waals surface area contributed by atoms with Crippen molar-refractivity contribution < 1.29 is 19.4 Å². The van der Waals surface area contributed by atoms with Gasteiger partial charge in [-0.3, -0.25) is 0 Å². The molecule has 110 valence electrons. The van der Waals surface area contributed by atoms with Crippen molar-refractivity contribution in [2.24, 2.45) is 0 Å². The van der Waals surface area contributed by atoms with E-state index < -0.39 is 0 Å². The zero-order valence-corrected chi connectivity index (χ0v) is 17.4. The predicted octanol–water partition coefficient (Wildman–Crippen LogP) is 4.88. The molecule has 0 aliphatic carbocycles. The molecule has 0 amide bonds. The molecule has 0 aliphatic heterocycles. The van der Waals surface area contributed by atoms with Crippen LogP contribution in [0.4, 0.5) is 0 Å². The second kappa shape index (κ2) is 22.6. The molecule has 0 rings (SSSR count). The first-order valence-electron chi connectivity index (χ1n) is 7.12. The van der Waals surface area contributed by atoms with Gasteiger partial charge in [0.2, 0.25) is 0 Å². The van der Waals surface area contributed by atoms with E-state index >= 15 is 0 Å². The van der Waals surface area contributed by atoms with Crippen molar-refractivity contribution in [1.29, 1.82) is 0 Å². The van der Waals surface area contributed by atoms with E-state index in [1.807, 2.05) is 11.3 Å². The van der Waals surface area contributed by atoms with Gasteiger partial charge in [0.25, 0.3) is 0 Å². The van der Waals surface area contributed by atoms with Crippen molar-refractivity contribution in [3.05, 3.63) is 0 Å². The maximum atomic E-state index is 2.31. The van der Waals surface area contributed by atoms with Crippen LogP contribution in [-0.4, -0.2) is 41.4 Å². The third kappa shape index (κ3) is 23.0. The molecule has 0 aromatic heterocycles. The Morgan fingerprint density at radius 1 is 0.647 bits per heavy atom. The van der Waals surface area contributed by atoms with Crippen LogP contribution in [0.1, 0.15) is 48.5 Å². The van der Waals surface area contributed by atoms with E-state index in [1.165, 1.54) is 37.0 Å². The van der Waals surface area contributed by atoms with Crippen LogP contribution in [0.2, 0.25) is 0 Å². The molecule has 0 bridgehead atoms. The van der Waals surface area contributed by atoms with Gasteiger partial charge in [-0.1, -0.05) is 0 Å². The first kappa shape index (κ1) is 23.5. The maximum absolute atomic E-state index is 2.31. The van der Waals surface area contributed by atoms with Crippen LogP contribution < -0.4 is 0 Å². The standard InChI is InChI=1S/2C6H15P.C2H4.Pt/c2*1-4-7(5-2)6-3;1-2;/h2*4-6H2,1-3H3;1H,2H3;/p+2. The van der Waals surface area contributed by atoms with E-state index in [9.17, 15) is 0 Å². The van der Waals surface area contributed by atoms with Crippen LogP contribution in [0.3, 0.4) is 0 Å². The van der Waals surface area contributed by atoms with Crippen LogP contribution in [0.15, 0.2) is 0 Å². The predicted molar refractivity (Wildman–Crippen MR) is 91.6 cm³/mol. The molecule has 0 aliphatic rings. The number of hydrogen-bond donors (Lipinski definition) is 0. The van der Waals surface area contributed by atoms with Crippen molar-refractivity contribution in [3.8, 4) is 0 Å². The van der Waals surface area contributed by atoms with Crippen molar-refractivity contribution in [2.75, 3.05) is 37.0 Å². The normalized spacial score (nSPS) is 9.35. The Labute approximate surface area is 125 Å². The van der Waals surface area contributed by atoms with Crippen LogP contribution >= 0.6 is 15.8 Å². The van der Waals surface area contributed by atoms with E-state index in [0.29, 0.717) is 0 Å². The SMILES string of the molecule is CC[PH+](CC)CC.CC[PH+](CC)CC.C[CH]=[Pt]. The second-order valence-corrected chi connectivity index (χ2v) is 12.4. The summed E-state index contributed by atoms with van der Waals surface area (Å²) in [6.07, 6.45) is 8.74. The van der Waals surface area contributed by atoms with Gasteiger partial charge >= 0.3 is 30.7 Å². The minimum atomic E-state index is 0.137. The second-order valence-electron chi connectivity index (χ2n) is 3.80. The van der Waals surface area contributed by atoms with Crippen molar-refractivity contribution >= 4 is 20.2 Å². The summed E-state index contributed by atoms with van der Waals surface area (Å²) in [7, 11) is 0.275. The Balaban J connectivity index is -0.000000188. The number of rotatable bonds is 6. The Morgan fingerprint density at radius 3 is 0.765 bits per heavy atom. The molecule has 0 fully saturated rings. The fourth-order valence-corrected chi connectivity index (χ4v) is 4.50. The molecule has 0 spiro atoms. The molecule has 3 heteroatoms. The van der Waals surface area contributed by atoms with Gasteiger partial charge in [0.05, 0.1) is 37.0 Å². The van der Waals surface area contributed by atoms with Gasteiger partial charge in [-0.15, -0.1) is 0 Å². The molecule has 0 radical (unpaired) electrons. The van der Waals surface area contributed by atoms with Gasteiger partial charge in [0, 0.05) is 0 Å². The summed E-state index contributed by atoms with van der Waals surface area (Å²) in [5.41, 5.74) is 0. The summed E-state index contributed by atoms with van der Waals surface area (Å²) in [5.74, 6) is 0. The van der Waals surface area contributed by atoms with E-state index in [4.69, 9.17) is 0 Å². The topological polar surface area (TPSA) is 0 Å². The van der Waals surface area contributed by atoms with Gasteiger partial charge in [-0.2, -0.15) is 0 Å². The number of hydrogen-bond acceptors (Lipinski definition) is 0. The van der Waals surface area contributed by atoms with Crippen LogP contribution in [0.25, 0.3) is 0 Å². The van der Waals surface area contributed by atoms with Crippen LogP contribution in [0.5, 0.6) is 0 Å². The quantitative estimate of drug-likeness (QED) is 0.495. The Kier molecular flexibility index (Phi) is 31.2. The van der Waals surface area contributed by atoms with E-state index in [2.05, 4.69) is 60.9 Å². The summed E-state index contributed by atoms with van der Waals surface area (Å²) >= 11 is 2.15. The third-order valence-electron chi connectivity index (χ3n) is 3.00. The van der Waals surface area contributed by atoms with E-state index in [0.717, 1.165) is 0 Å². The summed E-state index contributed by atoms with van der Waals surface area (Å²) in [5, 5.41) is 0. The molecule has 0 saturated carbocycles. The van der Waals surface area contributed by atoms with Crippen LogP contribution in [-0.2, 0) is 19.4 Å². The van der Waals surface area contributed by atoms with Crippen LogP contribution in [0, 0.1) is 0 Å². The van der Waals surface area contributed by atoms with Crippen molar-refractivity contribution in [1.82, 2.24) is 0 Å². The first-order valence-corrected chi connectivity index (χ1v) is 12.7. The van der Waals surface area contributed by atoms with Crippen molar-refractivity contribution in [3.63, 3.8) is 0 Å². The molecule has 0 aromatic rings. The molecule has 0 atom stereocenters. The molecule has 0 heterocycles. The average molecular weight is 461 g/mol. The van der Waals surface area contributed by atoms with Crippen molar-refractivity contribution in [2.45, 2.75) is 48.5 Å². The monoisotopic (exact) mass is 461 g/mol. The fraction of sp³-hybridized carbons (Fsp3) is 0.929. The zero-order valence-electron chi connectivity index (χ0n) is 13.1. The van der Waals surface area contributed by atoms with Gasteiger partial charge < -0.3 is 0 Å². The Bertz CT molecular complexity index is 98.4. The molecular formula is C14H36P2Pt+2. The Hall–Kier alpha value is 1.42. The third-order valence-corrected chi connectivity index (χ3v) is 9.00. The minimum absolute atomic E-state index is 0.137. The first-order chi connectivity index (χ1) is 8.11.